The second kappa shape index (κ2) is 8.61. The van der Waals surface area contributed by atoms with Crippen molar-refractivity contribution < 1.29 is 9.72 Å². The number of nitro benzene ring substituents is 1. The van der Waals surface area contributed by atoms with Gasteiger partial charge in [-0.3, -0.25) is 14.9 Å². The van der Waals surface area contributed by atoms with E-state index >= 15 is 0 Å². The van der Waals surface area contributed by atoms with Crippen LogP contribution >= 0.6 is 11.6 Å². The van der Waals surface area contributed by atoms with E-state index < -0.39 is 4.92 Å². The Balaban J connectivity index is 1.57. The molecule has 0 aliphatic carbocycles. The molecule has 0 radical (unpaired) electrons. The second-order valence-electron chi connectivity index (χ2n) is 7.31. The van der Waals surface area contributed by atoms with Crippen LogP contribution in [0.3, 0.4) is 0 Å². The maximum Gasteiger partial charge on any atom is 0.273 e. The monoisotopic (exact) mass is 401 g/mol. The standard InChI is InChI=1S/C21H24ClN3O3/c1-14-3-5-16(6-4-14)13-23-21(26)17-7-9-24(10-8-17)20-11-15(2)19(25(27)28)12-18(20)22/h3-6,11-12,17H,7-10,13H2,1-2H3,(H,23,26). The van der Waals surface area contributed by atoms with Gasteiger partial charge in [0.25, 0.3) is 5.69 Å². The Morgan fingerprint density at radius 1 is 1.21 bits per heavy atom. The van der Waals surface area contributed by atoms with Crippen molar-refractivity contribution in [2.45, 2.75) is 33.2 Å². The number of aryl methyl sites for hydroxylation is 2. The zero-order chi connectivity index (χ0) is 20.3. The van der Waals surface area contributed by atoms with Crippen molar-refractivity contribution in [2.75, 3.05) is 18.0 Å². The molecule has 2 aromatic carbocycles. The van der Waals surface area contributed by atoms with Gasteiger partial charge in [0.2, 0.25) is 5.91 Å². The van der Waals surface area contributed by atoms with E-state index in [9.17, 15) is 14.9 Å². The molecule has 1 saturated heterocycles. The summed E-state index contributed by atoms with van der Waals surface area (Å²) >= 11 is 6.28. The van der Waals surface area contributed by atoms with E-state index in [1.165, 1.54) is 11.6 Å². The van der Waals surface area contributed by atoms with Gasteiger partial charge in [-0.05, 0) is 38.3 Å². The van der Waals surface area contributed by atoms with Gasteiger partial charge in [-0.1, -0.05) is 41.4 Å². The van der Waals surface area contributed by atoms with Crippen LogP contribution in [0.4, 0.5) is 11.4 Å². The first kappa shape index (κ1) is 20.1. The molecule has 0 unspecified atom stereocenters. The molecule has 1 heterocycles. The summed E-state index contributed by atoms with van der Waals surface area (Å²) in [6.07, 6.45) is 1.46. The van der Waals surface area contributed by atoms with E-state index in [0.717, 1.165) is 24.1 Å². The number of anilines is 1. The van der Waals surface area contributed by atoms with Crippen LogP contribution in [0.1, 0.15) is 29.5 Å². The van der Waals surface area contributed by atoms with Crippen LogP contribution in [-0.2, 0) is 11.3 Å². The molecular formula is C21H24ClN3O3. The van der Waals surface area contributed by atoms with Crippen molar-refractivity contribution in [3.63, 3.8) is 0 Å². The SMILES string of the molecule is Cc1ccc(CNC(=O)C2CCN(c3cc(C)c([N+](=O)[O-])cc3Cl)CC2)cc1. The number of piperidine rings is 1. The van der Waals surface area contributed by atoms with Crippen molar-refractivity contribution in [2.24, 2.45) is 5.92 Å². The lowest BCUT2D eigenvalue weighted by molar-refractivity contribution is -0.385. The van der Waals surface area contributed by atoms with Crippen molar-refractivity contribution in [3.05, 3.63) is 68.2 Å². The van der Waals surface area contributed by atoms with E-state index in [-0.39, 0.29) is 17.5 Å². The molecule has 1 aliphatic rings. The van der Waals surface area contributed by atoms with Crippen molar-refractivity contribution in [3.8, 4) is 0 Å². The summed E-state index contributed by atoms with van der Waals surface area (Å²) in [7, 11) is 0. The van der Waals surface area contributed by atoms with Gasteiger partial charge in [0.05, 0.1) is 15.6 Å². The highest BCUT2D eigenvalue weighted by Crippen LogP contribution is 2.35. The number of nitrogens with zero attached hydrogens (tertiary/aromatic N) is 2. The summed E-state index contributed by atoms with van der Waals surface area (Å²) < 4.78 is 0. The van der Waals surface area contributed by atoms with Gasteiger partial charge in [0.1, 0.15) is 0 Å². The fourth-order valence-corrected chi connectivity index (χ4v) is 3.79. The van der Waals surface area contributed by atoms with Gasteiger partial charge in [-0.25, -0.2) is 0 Å². The molecule has 0 atom stereocenters. The van der Waals surface area contributed by atoms with Crippen LogP contribution in [0.15, 0.2) is 36.4 Å². The van der Waals surface area contributed by atoms with Gasteiger partial charge >= 0.3 is 0 Å². The molecule has 7 heteroatoms. The second-order valence-corrected chi connectivity index (χ2v) is 7.72. The average molecular weight is 402 g/mol. The molecule has 0 spiro atoms. The Morgan fingerprint density at radius 3 is 2.46 bits per heavy atom. The number of hydrogen-bond donors (Lipinski definition) is 1. The summed E-state index contributed by atoms with van der Waals surface area (Å²) in [4.78, 5) is 25.2. The Labute approximate surface area is 169 Å². The largest absolute Gasteiger partial charge is 0.370 e. The minimum atomic E-state index is -0.421. The first-order valence-electron chi connectivity index (χ1n) is 9.38. The Bertz CT molecular complexity index is 875. The molecule has 1 fully saturated rings. The Morgan fingerprint density at radius 2 is 1.86 bits per heavy atom. The van der Waals surface area contributed by atoms with Gasteiger partial charge < -0.3 is 10.2 Å². The van der Waals surface area contributed by atoms with E-state index in [1.807, 2.05) is 31.2 Å². The molecule has 0 saturated carbocycles. The topological polar surface area (TPSA) is 75.5 Å². The smallest absolute Gasteiger partial charge is 0.273 e. The Kier molecular flexibility index (Phi) is 6.19. The van der Waals surface area contributed by atoms with Crippen molar-refractivity contribution in [1.82, 2.24) is 5.32 Å². The third-order valence-electron chi connectivity index (χ3n) is 5.26. The number of halogens is 1. The van der Waals surface area contributed by atoms with Crippen LogP contribution in [-0.4, -0.2) is 23.9 Å². The number of rotatable bonds is 5. The summed E-state index contributed by atoms with van der Waals surface area (Å²) in [5, 5.41) is 14.4. The number of carbonyl (C=O) groups excluding carboxylic acids is 1. The maximum absolute atomic E-state index is 12.5. The fourth-order valence-electron chi connectivity index (χ4n) is 3.52. The summed E-state index contributed by atoms with van der Waals surface area (Å²) in [5.41, 5.74) is 3.69. The fraction of sp³-hybridized carbons (Fsp3) is 0.381. The molecule has 1 amide bonds. The first-order chi connectivity index (χ1) is 13.3. The number of nitro groups is 1. The summed E-state index contributed by atoms with van der Waals surface area (Å²) in [6.45, 7) is 5.67. The van der Waals surface area contributed by atoms with Crippen LogP contribution < -0.4 is 10.2 Å². The van der Waals surface area contributed by atoms with Gasteiger partial charge in [0.15, 0.2) is 0 Å². The Hall–Kier alpha value is -2.60. The molecule has 3 rings (SSSR count). The minimum Gasteiger partial charge on any atom is -0.370 e. The first-order valence-corrected chi connectivity index (χ1v) is 9.75. The number of nitrogens with one attached hydrogen (secondary N) is 1. The van der Waals surface area contributed by atoms with Crippen molar-refractivity contribution in [1.29, 1.82) is 0 Å². The highest BCUT2D eigenvalue weighted by Gasteiger charge is 2.27. The lowest BCUT2D eigenvalue weighted by Crippen LogP contribution is -2.40. The molecule has 0 bridgehead atoms. The van der Waals surface area contributed by atoms with Gasteiger partial charge in [0, 0.05) is 37.2 Å². The lowest BCUT2D eigenvalue weighted by Gasteiger charge is -2.33. The molecule has 1 aliphatic heterocycles. The third-order valence-corrected chi connectivity index (χ3v) is 5.56. The molecule has 28 heavy (non-hydrogen) atoms. The summed E-state index contributed by atoms with van der Waals surface area (Å²) in [5.74, 6) is 0.0471. The van der Waals surface area contributed by atoms with E-state index in [0.29, 0.717) is 30.2 Å². The number of carbonyl (C=O) groups is 1. The molecule has 6 nitrogen and oxygen atoms in total. The van der Waals surface area contributed by atoms with Crippen molar-refractivity contribution >= 4 is 28.9 Å². The third kappa shape index (κ3) is 4.62. The molecule has 2 aromatic rings. The van der Waals surface area contributed by atoms with E-state index in [4.69, 9.17) is 11.6 Å². The zero-order valence-corrected chi connectivity index (χ0v) is 16.8. The lowest BCUT2D eigenvalue weighted by atomic mass is 9.95. The molecule has 1 N–H and O–H groups in total. The number of amides is 1. The highest BCUT2D eigenvalue weighted by atomic mass is 35.5. The van der Waals surface area contributed by atoms with E-state index in [1.54, 1.807) is 13.0 Å². The highest BCUT2D eigenvalue weighted by molar-refractivity contribution is 6.33. The average Bonchev–Trinajstić information content (AvgIpc) is 2.68. The van der Waals surface area contributed by atoms with Crippen LogP contribution in [0, 0.1) is 29.9 Å². The van der Waals surface area contributed by atoms with Crippen LogP contribution in [0.25, 0.3) is 0 Å². The number of hydrogen-bond acceptors (Lipinski definition) is 4. The normalized spacial score (nSPS) is 14.8. The van der Waals surface area contributed by atoms with Gasteiger partial charge in [-0.2, -0.15) is 0 Å². The molecule has 0 aromatic heterocycles. The van der Waals surface area contributed by atoms with Crippen LogP contribution in [0.2, 0.25) is 5.02 Å². The zero-order valence-electron chi connectivity index (χ0n) is 16.1. The van der Waals surface area contributed by atoms with Crippen LogP contribution in [0.5, 0.6) is 0 Å². The quantitative estimate of drug-likeness (QED) is 0.595. The predicted molar refractivity (Wildman–Crippen MR) is 111 cm³/mol. The van der Waals surface area contributed by atoms with Gasteiger partial charge in [-0.15, -0.1) is 0 Å². The predicted octanol–water partition coefficient (Wildman–Crippen LogP) is 4.40. The molecule has 148 valence electrons. The minimum absolute atomic E-state index is 0.0270. The van der Waals surface area contributed by atoms with E-state index in [2.05, 4.69) is 10.2 Å². The molecular weight excluding hydrogens is 378 g/mol. The number of benzene rings is 2. The maximum atomic E-state index is 12.5. The summed E-state index contributed by atoms with van der Waals surface area (Å²) in [6, 6.07) is 11.3.